The van der Waals surface area contributed by atoms with Crippen LogP contribution in [0.3, 0.4) is 0 Å². The van der Waals surface area contributed by atoms with Crippen LogP contribution >= 0.6 is 0 Å². The molecular weight excluding hydrogens is 267 g/mol. The van der Waals surface area contributed by atoms with Gasteiger partial charge in [0.15, 0.2) is 0 Å². The summed E-state index contributed by atoms with van der Waals surface area (Å²) in [5.74, 6) is -1.81. The predicted octanol–water partition coefficient (Wildman–Crippen LogP) is 1.96. The van der Waals surface area contributed by atoms with Gasteiger partial charge in [0.1, 0.15) is 17.1 Å². The molecule has 0 aliphatic rings. The average molecular weight is 276 g/mol. The Bertz CT molecular complexity index is 676. The number of nitrogens with one attached hydrogen (secondary N) is 1. The molecule has 0 aliphatic heterocycles. The van der Waals surface area contributed by atoms with Gasteiger partial charge in [0.2, 0.25) is 0 Å². The topological polar surface area (TPSA) is 111 Å². The molecule has 1 heterocycles. The Morgan fingerprint density at radius 1 is 1.40 bits per heavy atom. The molecule has 0 saturated carbocycles. The summed E-state index contributed by atoms with van der Waals surface area (Å²) in [5, 5.41) is 13.1. The predicted molar refractivity (Wildman–Crippen MR) is 69.7 cm³/mol. The van der Waals surface area contributed by atoms with Gasteiger partial charge in [-0.05, 0) is 18.2 Å². The summed E-state index contributed by atoms with van der Waals surface area (Å²) in [6.45, 7) is 0. The molecule has 1 aromatic carbocycles. The van der Waals surface area contributed by atoms with Crippen LogP contribution < -0.4 is 11.1 Å². The largest absolute Gasteiger partial charge is 0.392 e. The van der Waals surface area contributed by atoms with Gasteiger partial charge in [0.25, 0.3) is 11.6 Å². The van der Waals surface area contributed by atoms with Crippen molar-refractivity contribution in [2.24, 2.45) is 0 Å². The first-order valence-corrected chi connectivity index (χ1v) is 5.44. The first-order valence-electron chi connectivity index (χ1n) is 5.44. The number of nitro benzene ring substituents is 1. The lowest BCUT2D eigenvalue weighted by Gasteiger charge is -2.08. The van der Waals surface area contributed by atoms with Gasteiger partial charge in [-0.1, -0.05) is 0 Å². The van der Waals surface area contributed by atoms with Crippen molar-refractivity contribution in [1.29, 1.82) is 0 Å². The Morgan fingerprint density at radius 3 is 2.75 bits per heavy atom. The zero-order valence-corrected chi connectivity index (χ0v) is 10.0. The first kappa shape index (κ1) is 13.4. The van der Waals surface area contributed by atoms with Gasteiger partial charge in [-0.2, -0.15) is 0 Å². The maximum Gasteiger partial charge on any atom is 0.293 e. The van der Waals surface area contributed by atoms with Crippen molar-refractivity contribution in [1.82, 2.24) is 4.98 Å². The van der Waals surface area contributed by atoms with E-state index in [1.54, 1.807) is 6.07 Å². The van der Waals surface area contributed by atoms with Crippen LogP contribution in [0.1, 0.15) is 10.4 Å². The van der Waals surface area contributed by atoms with Crippen LogP contribution in [0.5, 0.6) is 0 Å². The van der Waals surface area contributed by atoms with Gasteiger partial charge in [0, 0.05) is 12.3 Å². The molecule has 8 heteroatoms. The molecule has 7 nitrogen and oxygen atoms in total. The number of benzene rings is 1. The van der Waals surface area contributed by atoms with Crippen molar-refractivity contribution < 1.29 is 14.1 Å². The number of rotatable bonds is 3. The number of hydrogen-bond acceptors (Lipinski definition) is 5. The zero-order valence-electron chi connectivity index (χ0n) is 10.0. The summed E-state index contributed by atoms with van der Waals surface area (Å²) in [4.78, 5) is 25.7. The summed E-state index contributed by atoms with van der Waals surface area (Å²) in [6.07, 6.45) is 2.85. The van der Waals surface area contributed by atoms with Crippen LogP contribution in [0.2, 0.25) is 0 Å². The maximum atomic E-state index is 13.7. The van der Waals surface area contributed by atoms with Crippen molar-refractivity contribution in [3.63, 3.8) is 0 Å². The third-order valence-corrected chi connectivity index (χ3v) is 2.51. The van der Waals surface area contributed by atoms with E-state index in [4.69, 9.17) is 5.73 Å². The smallest absolute Gasteiger partial charge is 0.293 e. The Labute approximate surface area is 112 Å². The second-order valence-corrected chi connectivity index (χ2v) is 3.81. The van der Waals surface area contributed by atoms with Crippen molar-refractivity contribution in [2.45, 2.75) is 0 Å². The fraction of sp³-hybridized carbons (Fsp3) is 0. The van der Waals surface area contributed by atoms with E-state index in [1.807, 2.05) is 0 Å². The van der Waals surface area contributed by atoms with E-state index in [9.17, 15) is 19.3 Å². The lowest BCUT2D eigenvalue weighted by atomic mass is 10.1. The number of pyridine rings is 1. The fourth-order valence-electron chi connectivity index (χ4n) is 1.60. The molecule has 0 spiro atoms. The summed E-state index contributed by atoms with van der Waals surface area (Å²) in [6, 6.07) is 4.84. The lowest BCUT2D eigenvalue weighted by Crippen LogP contribution is -2.17. The highest BCUT2D eigenvalue weighted by atomic mass is 19.1. The first-order chi connectivity index (χ1) is 9.50. The summed E-state index contributed by atoms with van der Waals surface area (Å²) < 4.78 is 13.7. The molecule has 2 aromatic rings. The molecule has 0 unspecified atom stereocenters. The number of nitrogens with zero attached hydrogens (tertiary/aromatic N) is 2. The molecule has 20 heavy (non-hydrogen) atoms. The number of nitro groups is 1. The van der Waals surface area contributed by atoms with Crippen LogP contribution in [0, 0.1) is 15.9 Å². The number of nitrogen functional groups attached to an aromatic ring is 1. The molecule has 2 rings (SSSR count). The number of hydrogen-bond donors (Lipinski definition) is 2. The minimum absolute atomic E-state index is 0.322. The van der Waals surface area contributed by atoms with E-state index in [0.717, 1.165) is 12.1 Å². The van der Waals surface area contributed by atoms with Crippen molar-refractivity contribution in [3.8, 4) is 0 Å². The average Bonchev–Trinajstić information content (AvgIpc) is 2.39. The molecule has 1 aromatic heterocycles. The standard InChI is InChI=1S/C12H9FN4O3/c13-8-3-4-9(17(19)20)11(14)10(8)12(18)16-7-2-1-5-15-6-7/h1-6H,14H2,(H,16,18). The van der Waals surface area contributed by atoms with Gasteiger partial charge in [-0.15, -0.1) is 0 Å². The van der Waals surface area contributed by atoms with Crippen LogP contribution in [-0.4, -0.2) is 15.8 Å². The number of carbonyl (C=O) groups is 1. The highest BCUT2D eigenvalue weighted by Crippen LogP contribution is 2.27. The summed E-state index contributed by atoms with van der Waals surface area (Å²) in [7, 11) is 0. The van der Waals surface area contributed by atoms with Gasteiger partial charge in [-0.3, -0.25) is 19.9 Å². The molecule has 0 atom stereocenters. The van der Waals surface area contributed by atoms with Gasteiger partial charge >= 0.3 is 0 Å². The lowest BCUT2D eigenvalue weighted by molar-refractivity contribution is -0.384. The molecule has 3 N–H and O–H groups in total. The van der Waals surface area contributed by atoms with E-state index >= 15 is 0 Å². The monoisotopic (exact) mass is 276 g/mol. The van der Waals surface area contributed by atoms with E-state index in [2.05, 4.69) is 10.3 Å². The third kappa shape index (κ3) is 2.53. The minimum Gasteiger partial charge on any atom is -0.392 e. The van der Waals surface area contributed by atoms with Crippen LogP contribution in [0.4, 0.5) is 21.5 Å². The van der Waals surface area contributed by atoms with E-state index in [0.29, 0.717) is 5.69 Å². The molecule has 0 radical (unpaired) electrons. The molecular formula is C12H9FN4O3. The molecule has 0 aliphatic carbocycles. The highest BCUT2D eigenvalue weighted by molar-refractivity contribution is 6.09. The van der Waals surface area contributed by atoms with Crippen LogP contribution in [0.25, 0.3) is 0 Å². The Morgan fingerprint density at radius 2 is 2.15 bits per heavy atom. The Kier molecular flexibility index (Phi) is 3.56. The summed E-state index contributed by atoms with van der Waals surface area (Å²) >= 11 is 0. The molecule has 1 amide bonds. The number of anilines is 2. The zero-order chi connectivity index (χ0) is 14.7. The number of amides is 1. The van der Waals surface area contributed by atoms with Gasteiger partial charge < -0.3 is 11.1 Å². The molecule has 102 valence electrons. The SMILES string of the molecule is Nc1c([N+](=O)[O-])ccc(F)c1C(=O)Nc1cccnc1. The number of halogens is 1. The van der Waals surface area contributed by atoms with Crippen LogP contribution in [0.15, 0.2) is 36.7 Å². The number of nitrogens with two attached hydrogens (primary N) is 1. The normalized spacial score (nSPS) is 10.1. The highest BCUT2D eigenvalue weighted by Gasteiger charge is 2.23. The maximum absolute atomic E-state index is 13.7. The van der Waals surface area contributed by atoms with E-state index < -0.39 is 33.6 Å². The molecule has 0 bridgehead atoms. The van der Waals surface area contributed by atoms with E-state index in [1.165, 1.54) is 18.5 Å². The summed E-state index contributed by atoms with van der Waals surface area (Å²) in [5.41, 5.74) is 4.19. The van der Waals surface area contributed by atoms with Gasteiger partial charge in [0.05, 0.1) is 16.8 Å². The quantitative estimate of drug-likeness (QED) is 0.505. The molecule has 0 fully saturated rings. The number of aromatic nitrogens is 1. The van der Waals surface area contributed by atoms with Crippen molar-refractivity contribution >= 4 is 23.0 Å². The second-order valence-electron chi connectivity index (χ2n) is 3.81. The van der Waals surface area contributed by atoms with Crippen molar-refractivity contribution in [3.05, 3.63) is 58.2 Å². The van der Waals surface area contributed by atoms with Gasteiger partial charge in [-0.25, -0.2) is 4.39 Å². The van der Waals surface area contributed by atoms with Crippen LogP contribution in [-0.2, 0) is 0 Å². The third-order valence-electron chi connectivity index (χ3n) is 2.51. The van der Waals surface area contributed by atoms with Crippen molar-refractivity contribution in [2.75, 3.05) is 11.1 Å². The Hall–Kier alpha value is -3.03. The Balaban J connectivity index is 2.39. The number of carbonyl (C=O) groups excluding carboxylic acids is 1. The second kappa shape index (κ2) is 5.31. The molecule has 0 saturated heterocycles. The van der Waals surface area contributed by atoms with E-state index in [-0.39, 0.29) is 0 Å². The minimum atomic E-state index is -0.936. The fourth-order valence-corrected chi connectivity index (χ4v) is 1.60.